The number of anilines is 1. The van der Waals surface area contributed by atoms with E-state index in [1.54, 1.807) is 6.08 Å². The third kappa shape index (κ3) is 3.98. The van der Waals surface area contributed by atoms with Crippen LogP contribution in [-0.2, 0) is 22.4 Å². The van der Waals surface area contributed by atoms with Gasteiger partial charge in [-0.1, -0.05) is 19.1 Å². The van der Waals surface area contributed by atoms with Crippen molar-refractivity contribution < 1.29 is 18.7 Å². The summed E-state index contributed by atoms with van der Waals surface area (Å²) in [6.45, 7) is 4.21. The van der Waals surface area contributed by atoms with Gasteiger partial charge in [-0.25, -0.2) is 4.79 Å². The fourth-order valence-electron chi connectivity index (χ4n) is 3.71. The van der Waals surface area contributed by atoms with Gasteiger partial charge in [0.25, 0.3) is 0 Å². The maximum Gasteiger partial charge on any atom is 0.341 e. The largest absolute Gasteiger partial charge is 0.465 e. The minimum atomic E-state index is -0.399. The van der Waals surface area contributed by atoms with E-state index in [-0.39, 0.29) is 5.91 Å². The second-order valence-electron chi connectivity index (χ2n) is 7.56. The summed E-state index contributed by atoms with van der Waals surface area (Å²) in [6.07, 6.45) is 5.85. The van der Waals surface area contributed by atoms with Gasteiger partial charge in [0.1, 0.15) is 16.3 Å². The zero-order valence-electron chi connectivity index (χ0n) is 16.7. The first kappa shape index (κ1) is 19.5. The van der Waals surface area contributed by atoms with Crippen molar-refractivity contribution in [2.24, 2.45) is 5.92 Å². The van der Waals surface area contributed by atoms with Gasteiger partial charge >= 0.3 is 5.97 Å². The number of esters is 1. The molecule has 1 amide bonds. The monoisotopic (exact) mass is 409 g/mol. The molecule has 0 saturated heterocycles. The van der Waals surface area contributed by atoms with Crippen LogP contribution < -0.4 is 5.32 Å². The van der Waals surface area contributed by atoms with Gasteiger partial charge in [0, 0.05) is 16.3 Å². The highest BCUT2D eigenvalue weighted by atomic mass is 32.1. The minimum Gasteiger partial charge on any atom is -0.465 e. The molecular weight excluding hydrogens is 386 g/mol. The van der Waals surface area contributed by atoms with Crippen LogP contribution in [-0.4, -0.2) is 19.0 Å². The standard InChI is InChI=1S/C23H23NO4S/c1-13-4-6-15-12-16(28-18(15)10-13)7-9-20(25)24-22-21(23(26)27-3)17-8-5-14(2)11-19(17)29-22/h4,6-7,9-10,12,14H,5,8,11H2,1-3H3,(H,24,25). The van der Waals surface area contributed by atoms with Crippen molar-refractivity contribution in [1.29, 1.82) is 0 Å². The van der Waals surface area contributed by atoms with Gasteiger partial charge in [-0.15, -0.1) is 11.3 Å². The Hall–Kier alpha value is -2.86. The molecule has 2 aromatic heterocycles. The molecular formula is C23H23NO4S. The predicted molar refractivity (Wildman–Crippen MR) is 115 cm³/mol. The van der Waals surface area contributed by atoms with Crippen molar-refractivity contribution in [1.82, 2.24) is 0 Å². The Morgan fingerprint density at radius 2 is 2.14 bits per heavy atom. The Morgan fingerprint density at radius 1 is 1.31 bits per heavy atom. The van der Waals surface area contributed by atoms with Crippen molar-refractivity contribution in [2.75, 3.05) is 12.4 Å². The molecule has 5 nitrogen and oxygen atoms in total. The number of hydrogen-bond donors (Lipinski definition) is 1. The van der Waals surface area contributed by atoms with Gasteiger partial charge in [0.05, 0.1) is 12.7 Å². The second-order valence-corrected chi connectivity index (χ2v) is 8.67. The molecule has 2 heterocycles. The van der Waals surface area contributed by atoms with E-state index in [9.17, 15) is 9.59 Å². The van der Waals surface area contributed by atoms with Gasteiger partial charge < -0.3 is 14.5 Å². The number of fused-ring (bicyclic) bond motifs is 2. The number of furan rings is 1. The lowest BCUT2D eigenvalue weighted by Crippen LogP contribution is -2.14. The molecule has 6 heteroatoms. The lowest BCUT2D eigenvalue weighted by atomic mass is 9.88. The Kier molecular flexibility index (Phi) is 5.28. The number of thiophene rings is 1. The van der Waals surface area contributed by atoms with Crippen LogP contribution in [0.25, 0.3) is 17.0 Å². The van der Waals surface area contributed by atoms with E-state index in [0.717, 1.165) is 46.2 Å². The highest BCUT2D eigenvalue weighted by Gasteiger charge is 2.28. The number of nitrogens with one attached hydrogen (secondary N) is 1. The van der Waals surface area contributed by atoms with E-state index in [4.69, 9.17) is 9.15 Å². The van der Waals surface area contributed by atoms with Crippen molar-refractivity contribution in [2.45, 2.75) is 33.1 Å². The third-order valence-electron chi connectivity index (χ3n) is 5.23. The van der Waals surface area contributed by atoms with Crippen LogP contribution in [0.3, 0.4) is 0 Å². The zero-order valence-corrected chi connectivity index (χ0v) is 17.5. The highest BCUT2D eigenvalue weighted by Crippen LogP contribution is 2.40. The number of carbonyl (C=O) groups excluding carboxylic acids is 2. The predicted octanol–water partition coefficient (Wildman–Crippen LogP) is 5.37. The number of methoxy groups -OCH3 is 1. The van der Waals surface area contributed by atoms with Crippen molar-refractivity contribution in [3.63, 3.8) is 0 Å². The average molecular weight is 410 g/mol. The lowest BCUT2D eigenvalue weighted by molar-refractivity contribution is -0.111. The van der Waals surface area contributed by atoms with Crippen LogP contribution in [0.4, 0.5) is 5.00 Å². The summed E-state index contributed by atoms with van der Waals surface area (Å²) in [5.74, 6) is 0.475. The van der Waals surface area contributed by atoms with Gasteiger partial charge in [0.2, 0.25) is 5.91 Å². The van der Waals surface area contributed by atoms with Gasteiger partial charge in [-0.3, -0.25) is 4.79 Å². The maximum atomic E-state index is 12.5. The SMILES string of the molecule is COC(=O)c1c(NC(=O)C=Cc2cc3ccc(C)cc3o2)sc2c1CCC(C)C2. The Morgan fingerprint density at radius 3 is 2.93 bits per heavy atom. The summed E-state index contributed by atoms with van der Waals surface area (Å²) in [4.78, 5) is 26.0. The fraction of sp³-hybridized carbons (Fsp3) is 0.304. The van der Waals surface area contributed by atoms with Crippen molar-refractivity contribution >= 4 is 45.3 Å². The van der Waals surface area contributed by atoms with E-state index in [0.29, 0.717) is 22.2 Å². The number of rotatable bonds is 4. The average Bonchev–Trinajstić information content (AvgIpc) is 3.25. The van der Waals surface area contributed by atoms with E-state index in [2.05, 4.69) is 12.2 Å². The first-order chi connectivity index (χ1) is 13.9. The van der Waals surface area contributed by atoms with Gasteiger partial charge in [-0.2, -0.15) is 0 Å². The Balaban J connectivity index is 1.55. The molecule has 0 radical (unpaired) electrons. The molecule has 3 aromatic rings. The van der Waals surface area contributed by atoms with Gasteiger partial charge in [-0.05, 0) is 61.4 Å². The molecule has 1 aliphatic rings. The first-order valence-electron chi connectivity index (χ1n) is 9.66. The van der Waals surface area contributed by atoms with Crippen molar-refractivity contribution in [3.05, 3.63) is 57.7 Å². The molecule has 4 rings (SSSR count). The van der Waals surface area contributed by atoms with Crippen LogP contribution in [0.1, 0.15) is 45.5 Å². The summed E-state index contributed by atoms with van der Waals surface area (Å²) >= 11 is 1.47. The number of hydrogen-bond acceptors (Lipinski definition) is 5. The van der Waals surface area contributed by atoms with E-state index >= 15 is 0 Å². The molecule has 0 bridgehead atoms. The lowest BCUT2D eigenvalue weighted by Gasteiger charge is -2.18. The number of amides is 1. The summed E-state index contributed by atoms with van der Waals surface area (Å²) < 4.78 is 10.7. The van der Waals surface area contributed by atoms with Gasteiger partial charge in [0.15, 0.2) is 0 Å². The molecule has 0 saturated carbocycles. The molecule has 0 aliphatic heterocycles. The van der Waals surface area contributed by atoms with Crippen molar-refractivity contribution in [3.8, 4) is 0 Å². The van der Waals surface area contributed by atoms with Crippen LogP contribution >= 0.6 is 11.3 Å². The van der Waals surface area contributed by atoms with Crippen LogP contribution in [0.15, 0.2) is 34.8 Å². The highest BCUT2D eigenvalue weighted by molar-refractivity contribution is 7.17. The summed E-state index contributed by atoms with van der Waals surface area (Å²) in [7, 11) is 1.37. The molecule has 29 heavy (non-hydrogen) atoms. The molecule has 150 valence electrons. The summed E-state index contributed by atoms with van der Waals surface area (Å²) in [6, 6.07) is 7.87. The first-order valence-corrected chi connectivity index (χ1v) is 10.5. The smallest absolute Gasteiger partial charge is 0.341 e. The molecule has 1 aromatic carbocycles. The van der Waals surface area contributed by atoms with E-state index < -0.39 is 5.97 Å². The molecule has 1 N–H and O–H groups in total. The summed E-state index contributed by atoms with van der Waals surface area (Å²) in [5, 5.41) is 4.41. The number of aryl methyl sites for hydroxylation is 1. The van der Waals surface area contributed by atoms with Crippen LogP contribution in [0.5, 0.6) is 0 Å². The van der Waals surface area contributed by atoms with E-state index in [1.165, 1.54) is 24.5 Å². The number of benzene rings is 1. The molecule has 0 spiro atoms. The molecule has 1 aliphatic carbocycles. The normalized spacial score (nSPS) is 16.2. The number of ether oxygens (including phenoxy) is 1. The van der Waals surface area contributed by atoms with E-state index in [1.807, 2.05) is 31.2 Å². The molecule has 1 unspecified atom stereocenters. The topological polar surface area (TPSA) is 68.5 Å². The zero-order chi connectivity index (χ0) is 20.5. The second kappa shape index (κ2) is 7.87. The Labute approximate surface area is 173 Å². The third-order valence-corrected chi connectivity index (χ3v) is 6.40. The van der Waals surface area contributed by atoms with Crippen LogP contribution in [0, 0.1) is 12.8 Å². The Bertz CT molecular complexity index is 1120. The fourth-order valence-corrected chi connectivity index (χ4v) is 5.11. The quantitative estimate of drug-likeness (QED) is 0.465. The number of carbonyl (C=O) groups is 2. The maximum absolute atomic E-state index is 12.5. The molecule has 1 atom stereocenters. The minimum absolute atomic E-state index is 0.307. The molecule has 0 fully saturated rings. The summed E-state index contributed by atoms with van der Waals surface area (Å²) in [5.41, 5.74) is 3.43. The van der Waals surface area contributed by atoms with Crippen LogP contribution in [0.2, 0.25) is 0 Å².